The molecule has 0 aliphatic carbocycles. The van der Waals surface area contributed by atoms with Crippen LogP contribution in [0.1, 0.15) is 21.5 Å². The van der Waals surface area contributed by atoms with E-state index in [1.54, 1.807) is 17.0 Å². The minimum absolute atomic E-state index is 0.154. The van der Waals surface area contributed by atoms with Gasteiger partial charge in [-0.2, -0.15) is 0 Å². The predicted molar refractivity (Wildman–Crippen MR) is 96.1 cm³/mol. The molecule has 0 bridgehead atoms. The molecule has 5 heteroatoms. The fourth-order valence-electron chi connectivity index (χ4n) is 3.27. The fourth-order valence-corrected chi connectivity index (χ4v) is 3.43. The molecule has 2 heterocycles. The number of aromatic amines is 1. The summed E-state index contributed by atoms with van der Waals surface area (Å²) in [6, 6.07) is 11.1. The molecule has 0 atom stereocenters. The minimum atomic E-state index is -0.268. The Morgan fingerprint density at radius 2 is 2.00 bits per heavy atom. The standard InChI is InChI=1S/C19H15ClN2O2/c1-11-15(20)7-6-13-17(11)21-10-14(18(13)23)19(24)22-9-8-12-4-2-3-5-16(12)22/h2-7,10H,8-9H2,1H3,(H,21,23). The van der Waals surface area contributed by atoms with Crippen LogP contribution < -0.4 is 10.3 Å². The SMILES string of the molecule is Cc1c(Cl)ccc2c(=O)c(C(=O)N3CCc4ccccc43)c[nH]c12. The predicted octanol–water partition coefficient (Wildman–Crippen LogP) is 3.69. The number of aryl methyl sites for hydroxylation is 1. The van der Waals surface area contributed by atoms with Crippen molar-refractivity contribution < 1.29 is 4.79 Å². The average Bonchev–Trinajstić information content (AvgIpc) is 3.02. The van der Waals surface area contributed by atoms with Gasteiger partial charge in [-0.25, -0.2) is 0 Å². The van der Waals surface area contributed by atoms with Crippen LogP contribution in [-0.4, -0.2) is 17.4 Å². The number of fused-ring (bicyclic) bond motifs is 2. The van der Waals surface area contributed by atoms with Crippen LogP contribution in [0.5, 0.6) is 0 Å². The third-order valence-electron chi connectivity index (χ3n) is 4.61. The zero-order valence-corrected chi connectivity index (χ0v) is 13.9. The van der Waals surface area contributed by atoms with E-state index in [2.05, 4.69) is 4.98 Å². The van der Waals surface area contributed by atoms with Crippen molar-refractivity contribution in [2.24, 2.45) is 0 Å². The van der Waals surface area contributed by atoms with Crippen LogP contribution in [0.15, 0.2) is 47.4 Å². The number of pyridine rings is 1. The molecular formula is C19H15ClN2O2. The first-order valence-corrected chi connectivity index (χ1v) is 8.16. The summed E-state index contributed by atoms with van der Waals surface area (Å²) < 4.78 is 0. The van der Waals surface area contributed by atoms with E-state index in [9.17, 15) is 9.59 Å². The molecular weight excluding hydrogens is 324 g/mol. The van der Waals surface area contributed by atoms with E-state index in [4.69, 9.17) is 11.6 Å². The van der Waals surface area contributed by atoms with Gasteiger partial charge in [0.05, 0.1) is 5.52 Å². The maximum atomic E-state index is 12.9. The molecule has 2 aromatic carbocycles. The second kappa shape index (κ2) is 5.49. The van der Waals surface area contributed by atoms with E-state index in [1.807, 2.05) is 31.2 Å². The Bertz CT molecular complexity index is 1040. The van der Waals surface area contributed by atoms with Crippen LogP contribution in [0.4, 0.5) is 5.69 Å². The number of rotatable bonds is 1. The number of hydrogen-bond acceptors (Lipinski definition) is 2. The first kappa shape index (κ1) is 15.0. The highest BCUT2D eigenvalue weighted by Gasteiger charge is 2.27. The van der Waals surface area contributed by atoms with Crippen LogP contribution in [0.2, 0.25) is 5.02 Å². The first-order valence-electron chi connectivity index (χ1n) is 7.78. The van der Waals surface area contributed by atoms with Crippen LogP contribution in [0.3, 0.4) is 0 Å². The Morgan fingerprint density at radius 3 is 2.83 bits per heavy atom. The number of benzene rings is 2. The van der Waals surface area contributed by atoms with Crippen molar-refractivity contribution in [3.05, 3.63) is 74.5 Å². The molecule has 0 radical (unpaired) electrons. The molecule has 0 fully saturated rings. The Labute approximate surface area is 143 Å². The van der Waals surface area contributed by atoms with Crippen LogP contribution in [0.25, 0.3) is 10.9 Å². The number of anilines is 1. The summed E-state index contributed by atoms with van der Waals surface area (Å²) in [5.74, 6) is -0.268. The minimum Gasteiger partial charge on any atom is -0.360 e. The molecule has 4 nitrogen and oxygen atoms in total. The molecule has 120 valence electrons. The lowest BCUT2D eigenvalue weighted by atomic mass is 10.1. The molecule has 3 aromatic rings. The largest absolute Gasteiger partial charge is 0.360 e. The monoisotopic (exact) mass is 338 g/mol. The quantitative estimate of drug-likeness (QED) is 0.735. The van der Waals surface area contributed by atoms with Gasteiger partial charge in [0, 0.05) is 28.8 Å². The molecule has 1 aromatic heterocycles. The van der Waals surface area contributed by atoms with Crippen LogP contribution in [-0.2, 0) is 6.42 Å². The van der Waals surface area contributed by atoms with Crippen molar-refractivity contribution in [2.75, 3.05) is 11.4 Å². The molecule has 0 saturated heterocycles. The lowest BCUT2D eigenvalue weighted by Gasteiger charge is -2.17. The molecule has 4 rings (SSSR count). The Hall–Kier alpha value is -2.59. The number of carbonyl (C=O) groups is 1. The number of nitrogens with zero attached hydrogens (tertiary/aromatic N) is 1. The van der Waals surface area contributed by atoms with Gasteiger partial charge in [0.2, 0.25) is 5.43 Å². The smallest absolute Gasteiger partial charge is 0.263 e. The van der Waals surface area contributed by atoms with Gasteiger partial charge < -0.3 is 9.88 Å². The van der Waals surface area contributed by atoms with E-state index in [0.717, 1.165) is 23.2 Å². The van der Waals surface area contributed by atoms with E-state index in [0.29, 0.717) is 22.5 Å². The summed E-state index contributed by atoms with van der Waals surface area (Å²) >= 11 is 6.10. The van der Waals surface area contributed by atoms with Gasteiger partial charge in [0.15, 0.2) is 0 Å². The lowest BCUT2D eigenvalue weighted by molar-refractivity contribution is 0.0988. The summed E-state index contributed by atoms with van der Waals surface area (Å²) in [6.45, 7) is 2.44. The fraction of sp³-hybridized carbons (Fsp3) is 0.158. The van der Waals surface area contributed by atoms with Crippen molar-refractivity contribution in [3.8, 4) is 0 Å². The maximum absolute atomic E-state index is 12.9. The summed E-state index contributed by atoms with van der Waals surface area (Å²) in [5, 5.41) is 1.07. The van der Waals surface area contributed by atoms with Gasteiger partial charge in [-0.1, -0.05) is 29.8 Å². The lowest BCUT2D eigenvalue weighted by Crippen LogP contribution is -2.33. The second-order valence-electron chi connectivity index (χ2n) is 5.96. The van der Waals surface area contributed by atoms with Gasteiger partial charge in [0.25, 0.3) is 5.91 Å². The number of halogens is 1. The number of H-pyrrole nitrogens is 1. The van der Waals surface area contributed by atoms with Gasteiger partial charge >= 0.3 is 0 Å². The van der Waals surface area contributed by atoms with E-state index in [-0.39, 0.29) is 16.9 Å². The van der Waals surface area contributed by atoms with E-state index >= 15 is 0 Å². The summed E-state index contributed by atoms with van der Waals surface area (Å²) in [6.07, 6.45) is 2.30. The number of hydrogen-bond donors (Lipinski definition) is 1. The molecule has 0 unspecified atom stereocenters. The summed E-state index contributed by atoms with van der Waals surface area (Å²) in [5.41, 5.74) is 3.38. The third kappa shape index (κ3) is 2.14. The summed E-state index contributed by atoms with van der Waals surface area (Å²) in [7, 11) is 0. The third-order valence-corrected chi connectivity index (χ3v) is 5.02. The molecule has 1 aliphatic rings. The van der Waals surface area contributed by atoms with E-state index in [1.165, 1.54) is 6.20 Å². The van der Waals surface area contributed by atoms with Gasteiger partial charge in [-0.3, -0.25) is 9.59 Å². The molecule has 0 spiro atoms. The zero-order valence-electron chi connectivity index (χ0n) is 13.1. The Kier molecular flexibility index (Phi) is 3.43. The van der Waals surface area contributed by atoms with Crippen LogP contribution in [0, 0.1) is 6.92 Å². The van der Waals surface area contributed by atoms with Crippen molar-refractivity contribution in [3.63, 3.8) is 0 Å². The van der Waals surface area contributed by atoms with Crippen molar-refractivity contribution in [2.45, 2.75) is 13.3 Å². The molecule has 1 amide bonds. The molecule has 24 heavy (non-hydrogen) atoms. The van der Waals surface area contributed by atoms with Crippen molar-refractivity contribution in [1.82, 2.24) is 4.98 Å². The molecule has 1 aliphatic heterocycles. The maximum Gasteiger partial charge on any atom is 0.263 e. The summed E-state index contributed by atoms with van der Waals surface area (Å²) in [4.78, 5) is 30.4. The first-order chi connectivity index (χ1) is 11.6. The van der Waals surface area contributed by atoms with Crippen molar-refractivity contribution in [1.29, 1.82) is 0 Å². The number of amides is 1. The second-order valence-corrected chi connectivity index (χ2v) is 6.37. The highest BCUT2D eigenvalue weighted by Crippen LogP contribution is 2.29. The normalized spacial score (nSPS) is 13.3. The average molecular weight is 339 g/mol. The highest BCUT2D eigenvalue weighted by atomic mass is 35.5. The number of carbonyl (C=O) groups excluding carboxylic acids is 1. The topological polar surface area (TPSA) is 53.2 Å². The Morgan fingerprint density at radius 1 is 1.21 bits per heavy atom. The molecule has 0 saturated carbocycles. The van der Waals surface area contributed by atoms with Crippen LogP contribution >= 0.6 is 11.6 Å². The van der Waals surface area contributed by atoms with E-state index < -0.39 is 0 Å². The Balaban J connectivity index is 1.83. The van der Waals surface area contributed by atoms with Crippen molar-refractivity contribution >= 4 is 34.1 Å². The molecule has 1 N–H and O–H groups in total. The number of aromatic nitrogens is 1. The number of para-hydroxylation sites is 1. The number of nitrogens with one attached hydrogen (secondary N) is 1. The zero-order chi connectivity index (χ0) is 16.8. The van der Waals surface area contributed by atoms with Gasteiger partial charge in [-0.15, -0.1) is 0 Å². The highest BCUT2D eigenvalue weighted by molar-refractivity contribution is 6.32. The van der Waals surface area contributed by atoms with Gasteiger partial charge in [0.1, 0.15) is 5.56 Å². The van der Waals surface area contributed by atoms with Gasteiger partial charge in [-0.05, 0) is 42.7 Å².